The van der Waals surface area contributed by atoms with Crippen LogP contribution < -0.4 is 5.73 Å². The molecule has 2 rings (SSSR count). The molecule has 1 unspecified atom stereocenters. The molecule has 1 aliphatic heterocycles. The van der Waals surface area contributed by atoms with E-state index >= 15 is 0 Å². The molecule has 1 heterocycles. The monoisotopic (exact) mass is 330 g/mol. The van der Waals surface area contributed by atoms with Crippen LogP contribution in [0.5, 0.6) is 0 Å². The van der Waals surface area contributed by atoms with Gasteiger partial charge in [0.2, 0.25) is 21.7 Å². The van der Waals surface area contributed by atoms with Crippen molar-refractivity contribution in [2.45, 2.75) is 17.4 Å². The molecule has 1 aliphatic rings. The first-order valence-corrected chi connectivity index (χ1v) is 6.87. The van der Waals surface area contributed by atoms with E-state index in [9.17, 15) is 35.2 Å². The number of benzene rings is 1. The van der Waals surface area contributed by atoms with Crippen LogP contribution in [0.2, 0.25) is 0 Å². The van der Waals surface area contributed by atoms with Gasteiger partial charge in [0.1, 0.15) is 6.04 Å². The summed E-state index contributed by atoms with van der Waals surface area (Å²) < 4.78 is 90.2. The zero-order valence-corrected chi connectivity index (χ0v) is 10.9. The lowest BCUT2D eigenvalue weighted by Crippen LogP contribution is -2.57. The number of carbonyl (C=O) groups excluding carboxylic acids is 1. The summed E-state index contributed by atoms with van der Waals surface area (Å²) in [5, 5.41) is 0. The smallest absolute Gasteiger partial charge is 0.249 e. The summed E-state index contributed by atoms with van der Waals surface area (Å²) in [4.78, 5) is 8.95. The van der Waals surface area contributed by atoms with Crippen molar-refractivity contribution in [2.75, 3.05) is 6.54 Å². The molecule has 21 heavy (non-hydrogen) atoms. The Morgan fingerprint density at radius 1 is 1.00 bits per heavy atom. The van der Waals surface area contributed by atoms with Gasteiger partial charge in [-0.05, 0) is 6.42 Å². The van der Waals surface area contributed by atoms with Crippen LogP contribution in [-0.4, -0.2) is 31.2 Å². The van der Waals surface area contributed by atoms with Crippen molar-refractivity contribution in [3.63, 3.8) is 0 Å². The van der Waals surface area contributed by atoms with Crippen LogP contribution in [0.1, 0.15) is 6.42 Å². The number of hydrogen-bond acceptors (Lipinski definition) is 3. The lowest BCUT2D eigenvalue weighted by Gasteiger charge is -2.37. The predicted octanol–water partition coefficient (Wildman–Crippen LogP) is 0.630. The van der Waals surface area contributed by atoms with Crippen LogP contribution in [-0.2, 0) is 14.8 Å². The third-order valence-corrected chi connectivity index (χ3v) is 4.96. The minimum Gasteiger partial charge on any atom is -0.368 e. The van der Waals surface area contributed by atoms with Gasteiger partial charge in [-0.2, -0.15) is 4.31 Å². The van der Waals surface area contributed by atoms with E-state index in [0.29, 0.717) is 0 Å². The van der Waals surface area contributed by atoms with Gasteiger partial charge >= 0.3 is 0 Å². The van der Waals surface area contributed by atoms with Gasteiger partial charge in [-0.15, -0.1) is 0 Å². The second kappa shape index (κ2) is 4.91. The number of primary amides is 1. The van der Waals surface area contributed by atoms with Crippen molar-refractivity contribution >= 4 is 15.9 Å². The maximum Gasteiger partial charge on any atom is 0.249 e. The summed E-state index contributed by atoms with van der Waals surface area (Å²) in [7, 11) is -5.08. The minimum atomic E-state index is -5.08. The van der Waals surface area contributed by atoms with Gasteiger partial charge in [-0.25, -0.2) is 30.4 Å². The standard InChI is InChI=1S/C10H7F5N2O3S/c11-4-5(12)7(14)9(8(15)6(4)13)21(19,20)17-2-1-3(17)10(16)18/h3H,1-2H2,(H2,16,18). The third kappa shape index (κ3) is 2.16. The van der Waals surface area contributed by atoms with Crippen molar-refractivity contribution < 1.29 is 35.2 Å². The van der Waals surface area contributed by atoms with Crippen molar-refractivity contribution in [1.82, 2.24) is 4.31 Å². The van der Waals surface area contributed by atoms with Crippen molar-refractivity contribution in [2.24, 2.45) is 5.73 Å². The van der Waals surface area contributed by atoms with E-state index in [1.807, 2.05) is 0 Å². The average molecular weight is 330 g/mol. The minimum absolute atomic E-state index is 0.00996. The zero-order chi connectivity index (χ0) is 16.1. The van der Waals surface area contributed by atoms with E-state index in [1.54, 1.807) is 0 Å². The molecule has 1 aromatic rings. The fraction of sp³-hybridized carbons (Fsp3) is 0.300. The number of nitrogens with zero attached hydrogens (tertiary/aromatic N) is 1. The Morgan fingerprint density at radius 2 is 1.43 bits per heavy atom. The summed E-state index contributed by atoms with van der Waals surface area (Å²) in [5.41, 5.74) is 4.88. The van der Waals surface area contributed by atoms with Crippen LogP contribution >= 0.6 is 0 Å². The Hall–Kier alpha value is -1.75. The maximum atomic E-state index is 13.5. The molecule has 0 bridgehead atoms. The lowest BCUT2D eigenvalue weighted by atomic mass is 10.1. The first-order valence-electron chi connectivity index (χ1n) is 5.43. The van der Waals surface area contributed by atoms with Crippen LogP contribution in [0.25, 0.3) is 0 Å². The molecule has 0 spiro atoms. The van der Waals surface area contributed by atoms with E-state index in [-0.39, 0.29) is 17.3 Å². The van der Waals surface area contributed by atoms with E-state index in [4.69, 9.17) is 5.73 Å². The fourth-order valence-electron chi connectivity index (χ4n) is 1.86. The molecule has 0 aromatic heterocycles. The summed E-state index contributed by atoms with van der Waals surface area (Å²) >= 11 is 0. The Morgan fingerprint density at radius 3 is 1.76 bits per heavy atom. The van der Waals surface area contributed by atoms with E-state index in [0.717, 1.165) is 0 Å². The number of halogens is 5. The number of amides is 1. The van der Waals surface area contributed by atoms with Crippen LogP contribution in [0, 0.1) is 29.1 Å². The SMILES string of the molecule is NC(=O)C1CCN1S(=O)(=O)c1c(F)c(F)c(F)c(F)c1F. The summed E-state index contributed by atoms with van der Waals surface area (Å²) in [5.74, 6) is -13.3. The van der Waals surface area contributed by atoms with E-state index < -0.39 is 56.0 Å². The van der Waals surface area contributed by atoms with Gasteiger partial charge in [-0.1, -0.05) is 0 Å². The van der Waals surface area contributed by atoms with Crippen LogP contribution in [0.15, 0.2) is 4.90 Å². The number of carbonyl (C=O) groups is 1. The molecule has 2 N–H and O–H groups in total. The van der Waals surface area contributed by atoms with Crippen LogP contribution in [0.4, 0.5) is 22.0 Å². The Kier molecular flexibility index (Phi) is 3.66. The highest BCUT2D eigenvalue weighted by atomic mass is 32.2. The highest BCUT2D eigenvalue weighted by Crippen LogP contribution is 2.33. The number of rotatable bonds is 3. The van der Waals surface area contributed by atoms with E-state index in [2.05, 4.69) is 0 Å². The number of hydrogen-bond donors (Lipinski definition) is 1. The third-order valence-electron chi connectivity index (χ3n) is 3.04. The van der Waals surface area contributed by atoms with Crippen molar-refractivity contribution in [1.29, 1.82) is 0 Å². The van der Waals surface area contributed by atoms with Crippen molar-refractivity contribution in [3.8, 4) is 0 Å². The second-order valence-corrected chi connectivity index (χ2v) is 6.05. The molecule has 116 valence electrons. The van der Waals surface area contributed by atoms with Gasteiger partial charge in [-0.3, -0.25) is 4.79 Å². The summed E-state index contributed by atoms with van der Waals surface area (Å²) in [6, 6.07) is -1.38. The van der Waals surface area contributed by atoms with E-state index in [1.165, 1.54) is 0 Å². The predicted molar refractivity (Wildman–Crippen MR) is 57.7 cm³/mol. The molecule has 11 heteroatoms. The molecule has 0 aliphatic carbocycles. The molecule has 1 atom stereocenters. The Labute approximate surface area is 115 Å². The van der Waals surface area contributed by atoms with Gasteiger partial charge in [0.25, 0.3) is 0 Å². The molecule has 1 amide bonds. The highest BCUT2D eigenvalue weighted by Gasteiger charge is 2.45. The summed E-state index contributed by atoms with van der Waals surface area (Å²) in [6.07, 6.45) is -0.00996. The first kappa shape index (κ1) is 15.6. The topological polar surface area (TPSA) is 80.5 Å². The number of sulfonamides is 1. The van der Waals surface area contributed by atoms with Gasteiger partial charge in [0, 0.05) is 6.54 Å². The Balaban J connectivity index is 2.64. The molecular formula is C10H7F5N2O3S. The molecular weight excluding hydrogens is 323 g/mol. The quantitative estimate of drug-likeness (QED) is 0.501. The maximum absolute atomic E-state index is 13.5. The normalized spacial score (nSPS) is 19.4. The largest absolute Gasteiger partial charge is 0.368 e. The van der Waals surface area contributed by atoms with Crippen LogP contribution in [0.3, 0.4) is 0 Å². The highest BCUT2D eigenvalue weighted by molar-refractivity contribution is 7.89. The average Bonchev–Trinajstić information content (AvgIpc) is 2.31. The van der Waals surface area contributed by atoms with Gasteiger partial charge in [0.15, 0.2) is 28.2 Å². The summed E-state index contributed by atoms with van der Waals surface area (Å²) in [6.45, 7) is -0.324. The van der Waals surface area contributed by atoms with Crippen molar-refractivity contribution in [3.05, 3.63) is 29.1 Å². The van der Waals surface area contributed by atoms with Gasteiger partial charge < -0.3 is 5.73 Å². The molecule has 0 radical (unpaired) electrons. The fourth-order valence-corrected chi connectivity index (χ4v) is 3.62. The molecule has 5 nitrogen and oxygen atoms in total. The van der Waals surface area contributed by atoms with Gasteiger partial charge in [0.05, 0.1) is 0 Å². The second-order valence-electron chi connectivity index (χ2n) is 4.22. The molecule has 0 saturated carbocycles. The molecule has 1 fully saturated rings. The lowest BCUT2D eigenvalue weighted by molar-refractivity contribution is -0.124. The number of nitrogens with two attached hydrogens (primary N) is 1. The molecule has 1 saturated heterocycles. The Bertz CT molecular complexity index is 708. The molecule has 1 aromatic carbocycles. The zero-order valence-electron chi connectivity index (χ0n) is 10.0. The first-order chi connectivity index (χ1) is 9.60.